The van der Waals surface area contributed by atoms with E-state index >= 15 is 0 Å². The molecule has 1 aromatic heterocycles. The second kappa shape index (κ2) is 7.63. The van der Waals surface area contributed by atoms with E-state index in [-0.39, 0.29) is 11.3 Å². The van der Waals surface area contributed by atoms with E-state index in [1.165, 1.54) is 30.5 Å². The molecule has 0 aliphatic carbocycles. The summed E-state index contributed by atoms with van der Waals surface area (Å²) in [7, 11) is 0. The SMILES string of the molecule is O=C(Nc1ccc(F)cc1F)c1ccc(Nc2ccc(C(F)(F)F)cc2)nc1. The van der Waals surface area contributed by atoms with Crippen LogP contribution in [0.4, 0.5) is 39.1 Å². The molecule has 28 heavy (non-hydrogen) atoms. The van der Waals surface area contributed by atoms with Gasteiger partial charge in [0.2, 0.25) is 0 Å². The molecule has 0 radical (unpaired) electrons. The lowest BCUT2D eigenvalue weighted by molar-refractivity contribution is -0.137. The van der Waals surface area contributed by atoms with E-state index in [0.29, 0.717) is 17.6 Å². The van der Waals surface area contributed by atoms with Gasteiger partial charge in [-0.15, -0.1) is 0 Å². The number of aromatic nitrogens is 1. The highest BCUT2D eigenvalue weighted by atomic mass is 19.4. The van der Waals surface area contributed by atoms with Crippen molar-refractivity contribution in [1.29, 1.82) is 0 Å². The van der Waals surface area contributed by atoms with Gasteiger partial charge in [-0.25, -0.2) is 13.8 Å². The fourth-order valence-corrected chi connectivity index (χ4v) is 2.28. The summed E-state index contributed by atoms with van der Waals surface area (Å²) in [6, 6.07) is 9.95. The summed E-state index contributed by atoms with van der Waals surface area (Å²) in [6.45, 7) is 0. The zero-order chi connectivity index (χ0) is 20.3. The van der Waals surface area contributed by atoms with E-state index in [0.717, 1.165) is 24.3 Å². The first kappa shape index (κ1) is 19.3. The van der Waals surface area contributed by atoms with Crippen LogP contribution in [0.1, 0.15) is 15.9 Å². The van der Waals surface area contributed by atoms with Gasteiger partial charge in [-0.05, 0) is 48.5 Å². The van der Waals surface area contributed by atoms with Gasteiger partial charge in [0.05, 0.1) is 16.8 Å². The lowest BCUT2D eigenvalue weighted by atomic mass is 10.2. The van der Waals surface area contributed by atoms with Crippen molar-refractivity contribution in [2.24, 2.45) is 0 Å². The van der Waals surface area contributed by atoms with Gasteiger partial charge in [0.1, 0.15) is 17.5 Å². The normalized spacial score (nSPS) is 11.2. The van der Waals surface area contributed by atoms with Crippen LogP contribution in [0.2, 0.25) is 0 Å². The molecule has 3 rings (SSSR count). The Morgan fingerprint density at radius 2 is 1.64 bits per heavy atom. The molecule has 3 aromatic rings. The summed E-state index contributed by atoms with van der Waals surface area (Å²) in [5, 5.41) is 5.10. The molecule has 2 aromatic carbocycles. The van der Waals surface area contributed by atoms with Gasteiger partial charge in [-0.3, -0.25) is 4.79 Å². The number of alkyl halides is 3. The van der Waals surface area contributed by atoms with Crippen LogP contribution < -0.4 is 10.6 Å². The quantitative estimate of drug-likeness (QED) is 0.586. The molecule has 0 bridgehead atoms. The summed E-state index contributed by atoms with van der Waals surface area (Å²) in [5.41, 5.74) is -0.461. The average molecular weight is 393 g/mol. The number of halogens is 5. The molecular weight excluding hydrogens is 381 g/mol. The van der Waals surface area contributed by atoms with Crippen LogP contribution in [0.3, 0.4) is 0 Å². The third kappa shape index (κ3) is 4.61. The van der Waals surface area contributed by atoms with E-state index < -0.39 is 29.3 Å². The summed E-state index contributed by atoms with van der Waals surface area (Å²) in [5.74, 6) is -2.04. The highest BCUT2D eigenvalue weighted by molar-refractivity contribution is 6.04. The smallest absolute Gasteiger partial charge is 0.340 e. The fraction of sp³-hybridized carbons (Fsp3) is 0.0526. The highest BCUT2D eigenvalue weighted by Gasteiger charge is 2.29. The largest absolute Gasteiger partial charge is 0.416 e. The maximum Gasteiger partial charge on any atom is 0.416 e. The summed E-state index contributed by atoms with van der Waals surface area (Å²) < 4.78 is 64.1. The van der Waals surface area contributed by atoms with E-state index in [1.54, 1.807) is 0 Å². The molecular formula is C19H12F5N3O. The number of hydrogen-bond acceptors (Lipinski definition) is 3. The van der Waals surface area contributed by atoms with Crippen LogP contribution in [0.15, 0.2) is 60.8 Å². The van der Waals surface area contributed by atoms with Crippen molar-refractivity contribution >= 4 is 23.1 Å². The number of nitrogens with zero attached hydrogens (tertiary/aromatic N) is 1. The molecule has 4 nitrogen and oxygen atoms in total. The van der Waals surface area contributed by atoms with Crippen LogP contribution in [-0.2, 0) is 6.18 Å². The number of carbonyl (C=O) groups is 1. The van der Waals surface area contributed by atoms with E-state index in [9.17, 15) is 26.7 Å². The first-order valence-electron chi connectivity index (χ1n) is 7.89. The van der Waals surface area contributed by atoms with E-state index in [4.69, 9.17) is 0 Å². The number of carbonyl (C=O) groups excluding carboxylic acids is 1. The maximum atomic E-state index is 13.6. The Labute approximate surface area is 156 Å². The molecule has 0 atom stereocenters. The van der Waals surface area contributed by atoms with Gasteiger partial charge in [0.15, 0.2) is 0 Å². The number of amides is 1. The molecule has 0 unspecified atom stereocenters. The zero-order valence-electron chi connectivity index (χ0n) is 14.0. The first-order valence-corrected chi connectivity index (χ1v) is 7.89. The van der Waals surface area contributed by atoms with Crippen LogP contribution in [-0.4, -0.2) is 10.9 Å². The maximum absolute atomic E-state index is 13.6. The van der Waals surface area contributed by atoms with E-state index in [2.05, 4.69) is 15.6 Å². The van der Waals surface area contributed by atoms with Crippen molar-refractivity contribution in [3.63, 3.8) is 0 Å². The predicted octanol–water partition coefficient (Wildman–Crippen LogP) is 5.37. The summed E-state index contributed by atoms with van der Waals surface area (Å²) >= 11 is 0. The lowest BCUT2D eigenvalue weighted by Gasteiger charge is -2.10. The molecule has 0 aliphatic rings. The minimum Gasteiger partial charge on any atom is -0.340 e. The Hall–Kier alpha value is -3.49. The van der Waals surface area contributed by atoms with Gasteiger partial charge in [-0.2, -0.15) is 13.2 Å². The Bertz CT molecular complexity index is 986. The topological polar surface area (TPSA) is 54.0 Å². The van der Waals surface area contributed by atoms with E-state index in [1.807, 2.05) is 0 Å². The molecule has 0 aliphatic heterocycles. The van der Waals surface area contributed by atoms with Crippen LogP contribution >= 0.6 is 0 Å². The van der Waals surface area contributed by atoms with Gasteiger partial charge >= 0.3 is 6.18 Å². The zero-order valence-corrected chi connectivity index (χ0v) is 14.0. The number of anilines is 3. The molecule has 0 spiro atoms. The monoisotopic (exact) mass is 393 g/mol. The van der Waals surface area contributed by atoms with Crippen LogP contribution in [0.5, 0.6) is 0 Å². The Morgan fingerprint density at radius 3 is 2.21 bits per heavy atom. The Kier molecular flexibility index (Phi) is 5.25. The van der Waals surface area contributed by atoms with Crippen molar-refractivity contribution in [3.8, 4) is 0 Å². The molecule has 1 amide bonds. The lowest BCUT2D eigenvalue weighted by Crippen LogP contribution is -2.13. The first-order chi connectivity index (χ1) is 13.2. The Morgan fingerprint density at radius 1 is 0.929 bits per heavy atom. The molecule has 0 saturated carbocycles. The second-order valence-corrected chi connectivity index (χ2v) is 5.71. The second-order valence-electron chi connectivity index (χ2n) is 5.71. The van der Waals surface area contributed by atoms with Crippen LogP contribution in [0.25, 0.3) is 0 Å². The third-order valence-electron chi connectivity index (χ3n) is 3.69. The van der Waals surface area contributed by atoms with Crippen molar-refractivity contribution in [2.75, 3.05) is 10.6 Å². The standard InChI is InChI=1S/C19H12F5N3O/c20-13-4-7-16(15(21)9-13)27-18(28)11-1-8-17(25-10-11)26-14-5-2-12(3-6-14)19(22,23)24/h1-10H,(H,25,26)(H,27,28). The molecule has 1 heterocycles. The molecule has 0 saturated heterocycles. The van der Waals surface area contributed by atoms with Gasteiger partial charge in [0, 0.05) is 18.0 Å². The van der Waals surface area contributed by atoms with Crippen molar-refractivity contribution in [2.45, 2.75) is 6.18 Å². The number of nitrogens with one attached hydrogen (secondary N) is 2. The minimum atomic E-state index is -4.42. The number of rotatable bonds is 4. The van der Waals surface area contributed by atoms with Gasteiger partial charge < -0.3 is 10.6 Å². The van der Waals surface area contributed by atoms with Gasteiger partial charge in [-0.1, -0.05) is 0 Å². The van der Waals surface area contributed by atoms with Crippen molar-refractivity contribution < 1.29 is 26.7 Å². The predicted molar refractivity (Wildman–Crippen MR) is 93.3 cm³/mol. The summed E-state index contributed by atoms with van der Waals surface area (Å²) in [6.07, 6.45) is -3.21. The number of benzene rings is 2. The van der Waals surface area contributed by atoms with Gasteiger partial charge in [0.25, 0.3) is 5.91 Å². The molecule has 144 valence electrons. The third-order valence-corrected chi connectivity index (χ3v) is 3.69. The average Bonchev–Trinajstić information content (AvgIpc) is 2.64. The molecule has 2 N–H and O–H groups in total. The minimum absolute atomic E-state index is 0.113. The number of hydrogen-bond donors (Lipinski definition) is 2. The number of pyridine rings is 1. The Balaban J connectivity index is 1.66. The molecule has 9 heteroatoms. The molecule has 0 fully saturated rings. The van der Waals surface area contributed by atoms with Crippen LogP contribution in [0, 0.1) is 11.6 Å². The summed E-state index contributed by atoms with van der Waals surface area (Å²) in [4.78, 5) is 16.1. The highest BCUT2D eigenvalue weighted by Crippen LogP contribution is 2.30. The van der Waals surface area contributed by atoms with Crippen molar-refractivity contribution in [1.82, 2.24) is 4.98 Å². The fourth-order valence-electron chi connectivity index (χ4n) is 2.28. The van der Waals surface area contributed by atoms with Crippen molar-refractivity contribution in [3.05, 3.63) is 83.6 Å².